The highest BCUT2D eigenvalue weighted by Crippen LogP contribution is 2.36. The first kappa shape index (κ1) is 60.3. The molecule has 34 heteroatoms. The van der Waals surface area contributed by atoms with Gasteiger partial charge < -0.3 is 169 Å². The maximum atomic E-state index is 11.6. The molecule has 0 bridgehead atoms. The lowest BCUT2D eigenvalue weighted by molar-refractivity contribution is -0.395. The number of rotatable bonds is 17. The fourth-order valence-corrected chi connectivity index (χ4v) is 9.24. The van der Waals surface area contributed by atoms with E-state index in [9.17, 15) is 107 Å². The monoisotopic (exact) mass is 1090 g/mol. The fourth-order valence-electron chi connectivity index (χ4n) is 9.24. The van der Waals surface area contributed by atoms with Gasteiger partial charge in [0.1, 0.15) is 159 Å². The van der Waals surface area contributed by atoms with Crippen molar-refractivity contribution in [2.45, 2.75) is 203 Å². The maximum Gasteiger partial charge on any atom is 0.187 e. The van der Waals surface area contributed by atoms with Crippen LogP contribution in [0.5, 0.6) is 0 Å². The highest BCUT2D eigenvalue weighted by Gasteiger charge is 2.57. The van der Waals surface area contributed by atoms with E-state index in [0.717, 1.165) is 0 Å². The average Bonchev–Trinajstić information content (AvgIpc) is 3.38. The summed E-state index contributed by atoms with van der Waals surface area (Å²) in [5, 5.41) is 222. The minimum atomic E-state index is -2.26. The number of hydrogen-bond acceptors (Lipinski definition) is 34. The van der Waals surface area contributed by atoms with Crippen molar-refractivity contribution in [3.8, 4) is 0 Å². The molecule has 0 radical (unpaired) electrons. The van der Waals surface area contributed by atoms with Crippen LogP contribution in [0.4, 0.5) is 0 Å². The normalized spacial score (nSPS) is 53.7. The van der Waals surface area contributed by atoms with Crippen molar-refractivity contribution in [1.29, 1.82) is 0 Å². The summed E-state index contributed by atoms with van der Waals surface area (Å²) in [5.41, 5.74) is 0. The smallest absolute Gasteiger partial charge is 0.187 e. The van der Waals surface area contributed by atoms with Crippen molar-refractivity contribution in [2.75, 3.05) is 46.2 Å². The van der Waals surface area contributed by atoms with Crippen LogP contribution in [-0.2, 0) is 61.6 Å². The molecule has 34 nitrogen and oxygen atoms in total. The Labute approximate surface area is 417 Å². The van der Waals surface area contributed by atoms with Crippen LogP contribution in [0.25, 0.3) is 0 Å². The molecule has 7 aliphatic rings. The highest BCUT2D eigenvalue weighted by molar-refractivity contribution is 4.99. The quantitative estimate of drug-likeness (QED) is 0.0643. The second-order valence-corrected chi connectivity index (χ2v) is 18.8. The summed E-state index contributed by atoms with van der Waals surface area (Å²) >= 11 is 0. The van der Waals surface area contributed by atoms with Gasteiger partial charge in [0.05, 0.1) is 46.2 Å². The Balaban J connectivity index is 1.03. The SMILES string of the molecule is OC[C@H]1O[C@@H](O[C@H]2[C@H](O)[C@@H](O)[C@H](O[C@H]3[C@H](O)[C@@H](O)C(O)O[C@@H]3CO)O[C@@H]2CO)[C@H](O)[C@@H](O)[C@@H]1O[C@@H]1O[C@H](CO[C@H]2OC[C@@H](O)[C@H](O)[C@H]2O)[C@@H](O[C@@H]2O[C@H](CO[C@H]3OC[C@@H](O)[C@H](O)[C@H]3O)[C@@H](O)[C@H](O)[C@H]2O)[C@H](O)[C@H]1O. The Hall–Kier alpha value is -1.36. The molecule has 0 aromatic carbocycles. The van der Waals surface area contributed by atoms with Gasteiger partial charge in [-0.05, 0) is 0 Å². The molecular weight excluding hydrogens is 1020 g/mol. The Kier molecular flexibility index (Phi) is 21.0. The predicted octanol–water partition coefficient (Wildman–Crippen LogP) is -15.0. The van der Waals surface area contributed by atoms with E-state index < -0.39 is 249 Å². The van der Waals surface area contributed by atoms with Crippen molar-refractivity contribution >= 4 is 0 Å². The first-order chi connectivity index (χ1) is 35.0. The summed E-state index contributed by atoms with van der Waals surface area (Å²) < 4.78 is 72.1. The van der Waals surface area contributed by atoms with Crippen LogP contribution < -0.4 is 0 Å². The molecule has 7 saturated heterocycles. The molecule has 432 valence electrons. The Morgan fingerprint density at radius 2 is 0.581 bits per heavy atom. The number of ether oxygens (including phenoxy) is 13. The van der Waals surface area contributed by atoms with Gasteiger partial charge in [0.25, 0.3) is 0 Å². The lowest BCUT2D eigenvalue weighted by atomic mass is 9.95. The fraction of sp³-hybridized carbons (Fsp3) is 1.00. The van der Waals surface area contributed by atoms with Crippen LogP contribution >= 0.6 is 0 Å². The van der Waals surface area contributed by atoms with Gasteiger partial charge in [-0.15, -0.1) is 0 Å². The van der Waals surface area contributed by atoms with Gasteiger partial charge in [-0.1, -0.05) is 0 Å². The Bertz CT molecular complexity index is 1710. The van der Waals surface area contributed by atoms with Crippen molar-refractivity contribution in [2.24, 2.45) is 0 Å². The van der Waals surface area contributed by atoms with Gasteiger partial charge in [0, 0.05) is 0 Å². The summed E-state index contributed by atoms with van der Waals surface area (Å²) in [6.45, 7) is -5.54. The summed E-state index contributed by atoms with van der Waals surface area (Å²) in [4.78, 5) is 0. The van der Waals surface area contributed by atoms with Crippen molar-refractivity contribution in [3.05, 3.63) is 0 Å². The first-order valence-corrected chi connectivity index (χ1v) is 23.5. The molecule has 0 spiro atoms. The van der Waals surface area contributed by atoms with E-state index in [0.29, 0.717) is 0 Å². The zero-order chi connectivity index (χ0) is 54.2. The standard InChI is InChI=1S/C40H68O34/c41-1-10-30(19(50)23(54)34(61)66-10)71-38-27(58)20(51)31(11(2-42)67-38)72-39-28(59)21(52)32(12(3-43)68-39)73-40-29(60)22(53)33(14(70-40)7-65-36-25(56)16(47)9(45)5-63-36)74-37-26(57)18(49)17(48)13(69-37)6-64-35-24(55)15(46)8(44)4-62-35/h8-61H,1-7H2/t8-,9-,10-,11-,12-,13-,14-,15+,16+,17-,18+,19-,20-,21-,22-,23-,24-,25-,26-,27-,28-,29-,30-,31-,32-,33-,34?,35-,36-,37+,38+,39+,40+/m1/s1. The van der Waals surface area contributed by atoms with Crippen LogP contribution in [0.3, 0.4) is 0 Å². The van der Waals surface area contributed by atoms with E-state index >= 15 is 0 Å². The minimum Gasteiger partial charge on any atom is -0.394 e. The lowest BCUT2D eigenvalue weighted by Gasteiger charge is -2.49. The van der Waals surface area contributed by atoms with Gasteiger partial charge in [-0.2, -0.15) is 0 Å². The summed E-state index contributed by atoms with van der Waals surface area (Å²) in [6, 6.07) is 0. The summed E-state index contributed by atoms with van der Waals surface area (Å²) in [7, 11) is 0. The minimum absolute atomic E-state index is 0.468. The predicted molar refractivity (Wildman–Crippen MR) is 220 cm³/mol. The van der Waals surface area contributed by atoms with E-state index in [1.807, 2.05) is 0 Å². The second-order valence-electron chi connectivity index (χ2n) is 18.8. The number of hydrogen-bond donors (Lipinski definition) is 21. The summed E-state index contributed by atoms with van der Waals surface area (Å²) in [6.07, 6.45) is -62.4. The average molecular weight is 1090 g/mol. The third kappa shape index (κ3) is 12.6. The Morgan fingerprint density at radius 1 is 0.284 bits per heavy atom. The van der Waals surface area contributed by atoms with Crippen LogP contribution in [0.15, 0.2) is 0 Å². The van der Waals surface area contributed by atoms with Crippen molar-refractivity contribution in [3.63, 3.8) is 0 Å². The highest BCUT2D eigenvalue weighted by atomic mass is 16.8. The van der Waals surface area contributed by atoms with E-state index in [1.54, 1.807) is 0 Å². The van der Waals surface area contributed by atoms with Gasteiger partial charge in [-0.3, -0.25) is 0 Å². The molecule has 1 unspecified atom stereocenters. The van der Waals surface area contributed by atoms with Crippen LogP contribution in [0.2, 0.25) is 0 Å². The van der Waals surface area contributed by atoms with Crippen LogP contribution in [0, 0.1) is 0 Å². The maximum absolute atomic E-state index is 11.6. The van der Waals surface area contributed by atoms with Gasteiger partial charge in [0.2, 0.25) is 0 Å². The van der Waals surface area contributed by atoms with E-state index in [4.69, 9.17) is 61.6 Å². The molecule has 0 aromatic heterocycles. The van der Waals surface area contributed by atoms with E-state index in [-0.39, 0.29) is 0 Å². The molecule has 0 aliphatic carbocycles. The van der Waals surface area contributed by atoms with Crippen LogP contribution in [0.1, 0.15) is 0 Å². The molecule has 7 rings (SSSR count). The molecule has 7 aliphatic heterocycles. The van der Waals surface area contributed by atoms with E-state index in [2.05, 4.69) is 0 Å². The number of aliphatic hydroxyl groups is 21. The van der Waals surface area contributed by atoms with Gasteiger partial charge in [-0.25, -0.2) is 0 Å². The molecule has 33 atom stereocenters. The van der Waals surface area contributed by atoms with Gasteiger partial charge in [0.15, 0.2) is 44.0 Å². The van der Waals surface area contributed by atoms with Gasteiger partial charge >= 0.3 is 0 Å². The molecule has 7 heterocycles. The number of aliphatic hydroxyl groups excluding tert-OH is 21. The zero-order valence-electron chi connectivity index (χ0n) is 38.7. The van der Waals surface area contributed by atoms with Crippen molar-refractivity contribution in [1.82, 2.24) is 0 Å². The molecule has 0 saturated carbocycles. The molecule has 0 aromatic rings. The molecular formula is C40H68O34. The Morgan fingerprint density at radius 3 is 0.973 bits per heavy atom. The largest absolute Gasteiger partial charge is 0.394 e. The topological polar surface area (TPSA) is 545 Å². The second kappa shape index (κ2) is 25.8. The summed E-state index contributed by atoms with van der Waals surface area (Å²) in [5.74, 6) is 0. The zero-order valence-corrected chi connectivity index (χ0v) is 38.7. The third-order valence-corrected chi connectivity index (χ3v) is 13.7. The molecule has 74 heavy (non-hydrogen) atoms. The molecule has 21 N–H and O–H groups in total. The van der Waals surface area contributed by atoms with Crippen molar-refractivity contribution < 1.29 is 169 Å². The van der Waals surface area contributed by atoms with E-state index in [1.165, 1.54) is 0 Å². The molecule has 7 fully saturated rings. The lowest BCUT2D eigenvalue weighted by Crippen LogP contribution is -2.68. The molecule has 0 amide bonds. The third-order valence-electron chi connectivity index (χ3n) is 13.7. The first-order valence-electron chi connectivity index (χ1n) is 23.5. The van der Waals surface area contributed by atoms with Crippen LogP contribution in [-0.4, -0.2) is 356 Å².